The Morgan fingerprint density at radius 3 is 2.96 bits per heavy atom. The Morgan fingerprint density at radius 1 is 1.22 bits per heavy atom. The lowest BCUT2D eigenvalue weighted by atomic mass is 10.0. The molecule has 3 heterocycles. The van der Waals surface area contributed by atoms with Crippen molar-refractivity contribution < 1.29 is 14.6 Å². The Labute approximate surface area is 131 Å². The fraction of sp³-hybridized carbons (Fsp3) is 0.250. The summed E-state index contributed by atoms with van der Waals surface area (Å²) >= 11 is 0. The van der Waals surface area contributed by atoms with Crippen molar-refractivity contribution in [3.05, 3.63) is 54.1 Å². The molecule has 2 N–H and O–H groups in total. The smallest absolute Gasteiger partial charge is 0.157 e. The number of anilines is 1. The number of fused-ring (bicyclic) bond motifs is 1. The molecule has 4 rings (SSSR count). The van der Waals surface area contributed by atoms with Crippen LogP contribution >= 0.6 is 0 Å². The number of hydrogen-bond acceptors (Lipinski definition) is 5. The number of rotatable bonds is 2. The molecular weight excluding hydrogens is 299 g/mol. The van der Waals surface area contributed by atoms with Gasteiger partial charge in [0.15, 0.2) is 5.65 Å². The van der Waals surface area contributed by atoms with Crippen LogP contribution in [-0.4, -0.2) is 37.5 Å². The van der Waals surface area contributed by atoms with Crippen molar-refractivity contribution in [3.8, 4) is 5.75 Å². The van der Waals surface area contributed by atoms with Crippen LogP contribution < -0.4 is 4.90 Å². The molecule has 2 atom stereocenters. The molecule has 0 saturated carbocycles. The van der Waals surface area contributed by atoms with Gasteiger partial charge in [0, 0.05) is 24.4 Å². The molecule has 3 aromatic rings. The number of benzene rings is 1. The quantitative estimate of drug-likeness (QED) is 0.755. The lowest BCUT2D eigenvalue weighted by molar-refractivity contribution is 0.194. The van der Waals surface area contributed by atoms with E-state index in [1.54, 1.807) is 29.0 Å². The molecule has 0 spiro atoms. The summed E-state index contributed by atoms with van der Waals surface area (Å²) in [6.45, 7) is 0.373. The predicted octanol–water partition coefficient (Wildman–Crippen LogP) is 1.89. The Bertz CT molecular complexity index is 866. The molecule has 23 heavy (non-hydrogen) atoms. The lowest BCUT2D eigenvalue weighted by Gasteiger charge is -2.26. The van der Waals surface area contributed by atoms with Crippen molar-refractivity contribution in [1.29, 1.82) is 0 Å². The molecule has 1 saturated heterocycles. The molecule has 1 aliphatic heterocycles. The summed E-state index contributed by atoms with van der Waals surface area (Å²) < 4.78 is 15.2. The molecule has 1 aromatic carbocycles. The van der Waals surface area contributed by atoms with Gasteiger partial charge in [0.1, 0.15) is 17.4 Å². The summed E-state index contributed by atoms with van der Waals surface area (Å²) in [5.41, 5.74) is 1.14. The molecule has 1 aliphatic rings. The van der Waals surface area contributed by atoms with E-state index < -0.39 is 11.9 Å². The van der Waals surface area contributed by atoms with E-state index in [1.807, 2.05) is 4.90 Å². The minimum Gasteiger partial charge on any atom is -0.508 e. The zero-order valence-electron chi connectivity index (χ0n) is 12.2. The third kappa shape index (κ3) is 2.39. The molecule has 1 fully saturated rings. The highest BCUT2D eigenvalue weighted by Crippen LogP contribution is 2.39. The van der Waals surface area contributed by atoms with Gasteiger partial charge in [-0.2, -0.15) is 5.10 Å². The molecule has 2 unspecified atom stereocenters. The Kier molecular flexibility index (Phi) is 3.16. The van der Waals surface area contributed by atoms with Gasteiger partial charge in [0.05, 0.1) is 18.3 Å². The zero-order chi connectivity index (χ0) is 16.0. The van der Waals surface area contributed by atoms with Gasteiger partial charge in [-0.3, -0.25) is 0 Å². The summed E-state index contributed by atoms with van der Waals surface area (Å²) in [7, 11) is 0. The molecule has 7 heteroatoms. The van der Waals surface area contributed by atoms with Crippen molar-refractivity contribution in [2.75, 3.05) is 11.4 Å². The van der Waals surface area contributed by atoms with Crippen LogP contribution in [0.1, 0.15) is 18.0 Å². The molecule has 0 radical (unpaired) electrons. The van der Waals surface area contributed by atoms with Gasteiger partial charge >= 0.3 is 0 Å². The number of aromatic hydroxyl groups is 1. The van der Waals surface area contributed by atoms with Crippen molar-refractivity contribution in [2.45, 2.75) is 18.6 Å². The number of phenolic OH excluding ortho intramolecular Hbond substituents is 1. The number of nitrogens with zero attached hydrogens (tertiary/aromatic N) is 4. The Hall–Kier alpha value is -2.67. The molecule has 2 aromatic heterocycles. The average Bonchev–Trinajstić information content (AvgIpc) is 3.15. The van der Waals surface area contributed by atoms with Gasteiger partial charge < -0.3 is 15.1 Å². The van der Waals surface area contributed by atoms with E-state index in [9.17, 15) is 14.6 Å². The fourth-order valence-corrected chi connectivity index (χ4v) is 3.12. The largest absolute Gasteiger partial charge is 0.508 e. The minimum absolute atomic E-state index is 0.0148. The second-order valence-electron chi connectivity index (χ2n) is 5.68. The summed E-state index contributed by atoms with van der Waals surface area (Å²) in [6, 6.07) is 7.10. The molecule has 6 nitrogen and oxygen atoms in total. The monoisotopic (exact) mass is 314 g/mol. The van der Waals surface area contributed by atoms with Crippen LogP contribution in [-0.2, 0) is 0 Å². The molecular formula is C16H15FN4O2. The molecule has 0 bridgehead atoms. The van der Waals surface area contributed by atoms with Crippen LogP contribution in [0.5, 0.6) is 5.75 Å². The van der Waals surface area contributed by atoms with Gasteiger partial charge in [-0.15, -0.1) is 0 Å². The van der Waals surface area contributed by atoms with Gasteiger partial charge in [-0.25, -0.2) is 13.9 Å². The Morgan fingerprint density at radius 2 is 2.09 bits per heavy atom. The first-order chi connectivity index (χ1) is 11.1. The first kappa shape index (κ1) is 14.0. The van der Waals surface area contributed by atoms with Crippen LogP contribution in [0.15, 0.2) is 42.7 Å². The van der Waals surface area contributed by atoms with E-state index in [0.29, 0.717) is 30.0 Å². The van der Waals surface area contributed by atoms with Crippen LogP contribution in [0.2, 0.25) is 0 Å². The third-order valence-corrected chi connectivity index (χ3v) is 4.17. The highest BCUT2D eigenvalue weighted by atomic mass is 19.1. The van der Waals surface area contributed by atoms with Crippen molar-refractivity contribution in [3.63, 3.8) is 0 Å². The maximum Gasteiger partial charge on any atom is 0.157 e. The second kappa shape index (κ2) is 5.20. The van der Waals surface area contributed by atoms with Crippen molar-refractivity contribution >= 4 is 11.5 Å². The van der Waals surface area contributed by atoms with Crippen LogP contribution in [0, 0.1) is 5.82 Å². The van der Waals surface area contributed by atoms with E-state index in [4.69, 9.17) is 0 Å². The molecule has 118 valence electrons. The van der Waals surface area contributed by atoms with Gasteiger partial charge in [-0.05, 0) is 30.7 Å². The van der Waals surface area contributed by atoms with E-state index in [0.717, 1.165) is 0 Å². The van der Waals surface area contributed by atoms with E-state index in [1.165, 1.54) is 18.2 Å². The second-order valence-corrected chi connectivity index (χ2v) is 5.68. The van der Waals surface area contributed by atoms with Crippen LogP contribution in [0.3, 0.4) is 0 Å². The highest BCUT2D eigenvalue weighted by molar-refractivity contribution is 5.52. The standard InChI is InChI=1S/C16H15FN4O2/c17-10-1-2-14(23)12(7-10)13-8-11(22)9-20(13)15-4-6-21-16(19-15)3-5-18-21/h1-7,11,13,22-23H,8-9H2. The van der Waals surface area contributed by atoms with Gasteiger partial charge in [0.25, 0.3) is 0 Å². The lowest BCUT2D eigenvalue weighted by Crippen LogP contribution is -2.25. The molecule has 0 aliphatic carbocycles. The van der Waals surface area contributed by atoms with Crippen LogP contribution in [0.4, 0.5) is 10.2 Å². The van der Waals surface area contributed by atoms with E-state index in [2.05, 4.69) is 10.1 Å². The predicted molar refractivity (Wildman–Crippen MR) is 81.8 cm³/mol. The zero-order valence-corrected chi connectivity index (χ0v) is 12.2. The summed E-state index contributed by atoms with van der Waals surface area (Å²) in [5.74, 6) is 0.252. The number of β-amino-alcohol motifs (C(OH)–C–C–N with tert-alkyl or cyclic N) is 1. The number of hydrogen-bond donors (Lipinski definition) is 2. The Balaban J connectivity index is 1.77. The van der Waals surface area contributed by atoms with Crippen molar-refractivity contribution in [2.24, 2.45) is 0 Å². The third-order valence-electron chi connectivity index (χ3n) is 4.17. The average molecular weight is 314 g/mol. The van der Waals surface area contributed by atoms with E-state index >= 15 is 0 Å². The SMILES string of the molecule is Oc1ccc(F)cc1C1CC(O)CN1c1ccn2nccc2n1. The maximum atomic E-state index is 13.6. The minimum atomic E-state index is -0.564. The number of phenols is 1. The maximum absolute atomic E-state index is 13.6. The number of halogens is 1. The molecule has 0 amide bonds. The number of aliphatic hydroxyl groups excluding tert-OH is 1. The van der Waals surface area contributed by atoms with Gasteiger partial charge in [0.2, 0.25) is 0 Å². The summed E-state index contributed by atoms with van der Waals surface area (Å²) in [6.07, 6.45) is 3.28. The summed E-state index contributed by atoms with van der Waals surface area (Å²) in [4.78, 5) is 6.40. The number of aliphatic hydroxyl groups is 1. The highest BCUT2D eigenvalue weighted by Gasteiger charge is 2.34. The van der Waals surface area contributed by atoms with E-state index in [-0.39, 0.29) is 11.8 Å². The fourth-order valence-electron chi connectivity index (χ4n) is 3.12. The van der Waals surface area contributed by atoms with Gasteiger partial charge in [-0.1, -0.05) is 0 Å². The first-order valence-corrected chi connectivity index (χ1v) is 7.35. The first-order valence-electron chi connectivity index (χ1n) is 7.35. The summed E-state index contributed by atoms with van der Waals surface area (Å²) in [5, 5.41) is 24.2. The van der Waals surface area contributed by atoms with Crippen molar-refractivity contribution in [1.82, 2.24) is 14.6 Å². The van der Waals surface area contributed by atoms with Crippen LogP contribution in [0.25, 0.3) is 5.65 Å². The normalized spacial score (nSPS) is 21.2. The number of aromatic nitrogens is 3. The topological polar surface area (TPSA) is 73.9 Å².